The van der Waals surface area contributed by atoms with Gasteiger partial charge in [-0.3, -0.25) is 4.57 Å². The van der Waals surface area contributed by atoms with Gasteiger partial charge in [-0.05, 0) is 44.4 Å². The number of nitrogens with zero attached hydrogens (tertiary/aromatic N) is 6. The smallest absolute Gasteiger partial charge is 0.227 e. The lowest BCUT2D eigenvalue weighted by Gasteiger charge is -2.26. The highest BCUT2D eigenvalue weighted by Crippen LogP contribution is 2.21. The molecule has 6 nitrogen and oxygen atoms in total. The van der Waals surface area contributed by atoms with Gasteiger partial charge in [0.2, 0.25) is 5.95 Å². The fraction of sp³-hybridized carbons (Fsp3) is 0.333. The molecule has 3 aromatic heterocycles. The van der Waals surface area contributed by atoms with Gasteiger partial charge in [-0.2, -0.15) is 4.98 Å². The number of aromatic nitrogens is 5. The van der Waals surface area contributed by atoms with Gasteiger partial charge in [-0.15, -0.1) is 0 Å². The zero-order valence-electron chi connectivity index (χ0n) is 13.8. The highest BCUT2D eigenvalue weighted by atomic mass is 15.3. The Labute approximate surface area is 141 Å². The van der Waals surface area contributed by atoms with Crippen LogP contribution in [-0.2, 0) is 0 Å². The van der Waals surface area contributed by atoms with E-state index in [1.165, 1.54) is 19.3 Å². The molecule has 122 valence electrons. The van der Waals surface area contributed by atoms with E-state index in [9.17, 15) is 0 Å². The second-order valence-electron chi connectivity index (χ2n) is 6.05. The van der Waals surface area contributed by atoms with Crippen molar-refractivity contribution in [1.82, 2.24) is 24.5 Å². The number of anilines is 1. The quantitative estimate of drug-likeness (QED) is 0.742. The predicted molar refractivity (Wildman–Crippen MR) is 93.2 cm³/mol. The average Bonchev–Trinajstić information content (AvgIpc) is 3.12. The molecule has 1 saturated heterocycles. The first kappa shape index (κ1) is 14.8. The van der Waals surface area contributed by atoms with E-state index in [4.69, 9.17) is 4.98 Å². The van der Waals surface area contributed by atoms with Gasteiger partial charge in [0.05, 0.1) is 0 Å². The van der Waals surface area contributed by atoms with E-state index in [2.05, 4.69) is 19.9 Å². The number of pyridine rings is 1. The van der Waals surface area contributed by atoms with Gasteiger partial charge in [0.1, 0.15) is 11.5 Å². The lowest BCUT2D eigenvalue weighted by molar-refractivity contribution is 0.567. The highest BCUT2D eigenvalue weighted by molar-refractivity contribution is 5.53. The van der Waals surface area contributed by atoms with E-state index >= 15 is 0 Å². The summed E-state index contributed by atoms with van der Waals surface area (Å²) >= 11 is 0. The van der Waals surface area contributed by atoms with Crippen LogP contribution in [0.5, 0.6) is 0 Å². The van der Waals surface area contributed by atoms with Gasteiger partial charge in [-0.1, -0.05) is 6.07 Å². The van der Waals surface area contributed by atoms with E-state index in [1.807, 2.05) is 48.1 Å². The van der Waals surface area contributed by atoms with Crippen LogP contribution in [0, 0.1) is 6.92 Å². The Hall–Kier alpha value is -2.76. The number of hydrogen-bond donors (Lipinski definition) is 0. The van der Waals surface area contributed by atoms with Crippen LogP contribution in [0.25, 0.3) is 17.3 Å². The first-order valence-corrected chi connectivity index (χ1v) is 8.37. The third-order valence-electron chi connectivity index (χ3n) is 4.27. The van der Waals surface area contributed by atoms with Gasteiger partial charge in [-0.25, -0.2) is 15.0 Å². The normalized spacial score (nSPS) is 14.8. The zero-order chi connectivity index (χ0) is 16.4. The van der Waals surface area contributed by atoms with Crippen molar-refractivity contribution in [1.29, 1.82) is 0 Å². The van der Waals surface area contributed by atoms with Crippen molar-refractivity contribution in [3.63, 3.8) is 0 Å². The molecule has 0 saturated carbocycles. The molecule has 0 bridgehead atoms. The van der Waals surface area contributed by atoms with E-state index in [0.717, 1.165) is 42.1 Å². The second kappa shape index (κ2) is 6.39. The SMILES string of the molecule is Cc1cccc(-c2nccn2-c2ccnc(N3CCCCC3)n2)n1. The minimum atomic E-state index is 0.794. The fourth-order valence-corrected chi connectivity index (χ4v) is 3.07. The van der Waals surface area contributed by atoms with Crippen molar-refractivity contribution in [2.75, 3.05) is 18.0 Å². The molecule has 24 heavy (non-hydrogen) atoms. The number of imidazole rings is 1. The van der Waals surface area contributed by atoms with Crippen LogP contribution in [0.15, 0.2) is 42.9 Å². The molecule has 3 aromatic rings. The van der Waals surface area contributed by atoms with Crippen LogP contribution < -0.4 is 4.90 Å². The van der Waals surface area contributed by atoms with Crippen LogP contribution in [0.1, 0.15) is 25.0 Å². The Morgan fingerprint density at radius 1 is 0.917 bits per heavy atom. The summed E-state index contributed by atoms with van der Waals surface area (Å²) in [5.41, 5.74) is 1.82. The summed E-state index contributed by atoms with van der Waals surface area (Å²) in [5, 5.41) is 0. The number of hydrogen-bond acceptors (Lipinski definition) is 5. The molecular weight excluding hydrogens is 300 g/mol. The molecule has 0 spiro atoms. The van der Waals surface area contributed by atoms with E-state index < -0.39 is 0 Å². The molecule has 1 aliphatic rings. The molecule has 1 fully saturated rings. The topological polar surface area (TPSA) is 59.7 Å². The van der Waals surface area contributed by atoms with Crippen LogP contribution in [-0.4, -0.2) is 37.6 Å². The molecule has 1 aliphatic heterocycles. The van der Waals surface area contributed by atoms with E-state index in [1.54, 1.807) is 6.20 Å². The van der Waals surface area contributed by atoms with Gasteiger partial charge in [0.15, 0.2) is 5.82 Å². The number of aryl methyl sites for hydroxylation is 1. The summed E-state index contributed by atoms with van der Waals surface area (Å²) in [6.07, 6.45) is 9.22. The largest absolute Gasteiger partial charge is 0.341 e. The Kier molecular flexibility index (Phi) is 3.94. The Morgan fingerprint density at radius 3 is 2.62 bits per heavy atom. The van der Waals surface area contributed by atoms with Gasteiger partial charge in [0.25, 0.3) is 0 Å². The molecule has 0 unspecified atom stereocenters. The van der Waals surface area contributed by atoms with Gasteiger partial charge < -0.3 is 4.90 Å². The second-order valence-corrected chi connectivity index (χ2v) is 6.05. The van der Waals surface area contributed by atoms with Gasteiger partial charge >= 0.3 is 0 Å². The molecule has 0 aliphatic carbocycles. The third-order valence-corrected chi connectivity index (χ3v) is 4.27. The maximum absolute atomic E-state index is 4.76. The average molecular weight is 320 g/mol. The summed E-state index contributed by atoms with van der Waals surface area (Å²) in [4.78, 5) is 20.5. The monoisotopic (exact) mass is 320 g/mol. The summed E-state index contributed by atoms with van der Waals surface area (Å²) in [6, 6.07) is 7.86. The number of piperidine rings is 1. The van der Waals surface area contributed by atoms with Crippen LogP contribution >= 0.6 is 0 Å². The summed E-state index contributed by atoms with van der Waals surface area (Å²) in [7, 11) is 0. The van der Waals surface area contributed by atoms with E-state index in [0.29, 0.717) is 0 Å². The molecule has 0 aromatic carbocycles. The molecule has 0 radical (unpaired) electrons. The molecular formula is C18H20N6. The zero-order valence-corrected chi connectivity index (χ0v) is 13.8. The van der Waals surface area contributed by atoms with Crippen molar-refractivity contribution in [2.45, 2.75) is 26.2 Å². The molecule has 0 amide bonds. The van der Waals surface area contributed by atoms with Crippen LogP contribution in [0.4, 0.5) is 5.95 Å². The van der Waals surface area contributed by atoms with Crippen molar-refractivity contribution >= 4 is 5.95 Å². The minimum Gasteiger partial charge on any atom is -0.341 e. The molecule has 6 heteroatoms. The summed E-state index contributed by atoms with van der Waals surface area (Å²) in [5.74, 6) is 2.41. The van der Waals surface area contributed by atoms with Gasteiger partial charge in [0, 0.05) is 37.4 Å². The van der Waals surface area contributed by atoms with Crippen LogP contribution in [0.3, 0.4) is 0 Å². The summed E-state index contributed by atoms with van der Waals surface area (Å²) < 4.78 is 1.97. The van der Waals surface area contributed by atoms with Crippen molar-refractivity contribution in [3.05, 3.63) is 48.5 Å². The fourth-order valence-electron chi connectivity index (χ4n) is 3.07. The van der Waals surface area contributed by atoms with Crippen LogP contribution in [0.2, 0.25) is 0 Å². The first-order chi connectivity index (χ1) is 11.8. The summed E-state index contributed by atoms with van der Waals surface area (Å²) in [6.45, 7) is 4.04. The first-order valence-electron chi connectivity index (χ1n) is 8.37. The van der Waals surface area contributed by atoms with Crippen molar-refractivity contribution < 1.29 is 0 Å². The number of rotatable bonds is 3. The Bertz CT molecular complexity index is 835. The maximum atomic E-state index is 4.76. The molecule has 0 atom stereocenters. The standard InChI is InChI=1S/C18H20N6/c1-14-6-5-7-15(21-14)17-19-10-13-24(17)16-8-9-20-18(22-16)23-11-3-2-4-12-23/h5-10,13H,2-4,11-12H2,1H3. The lowest BCUT2D eigenvalue weighted by atomic mass is 10.1. The van der Waals surface area contributed by atoms with Crippen molar-refractivity contribution in [2.24, 2.45) is 0 Å². The highest BCUT2D eigenvalue weighted by Gasteiger charge is 2.15. The van der Waals surface area contributed by atoms with Crippen molar-refractivity contribution in [3.8, 4) is 17.3 Å². The predicted octanol–water partition coefficient (Wildman–Crippen LogP) is 3.02. The van der Waals surface area contributed by atoms with E-state index in [-0.39, 0.29) is 0 Å². The Balaban J connectivity index is 1.71. The lowest BCUT2D eigenvalue weighted by Crippen LogP contribution is -2.31. The molecule has 0 N–H and O–H groups in total. The molecule has 4 heterocycles. The Morgan fingerprint density at radius 2 is 1.79 bits per heavy atom. The molecule has 4 rings (SSSR count). The third kappa shape index (κ3) is 2.87. The maximum Gasteiger partial charge on any atom is 0.227 e. The minimum absolute atomic E-state index is 0.794.